The molecular formula is C16H19BrN2O. The molecule has 2 aromatic rings. The Morgan fingerprint density at radius 1 is 1.20 bits per heavy atom. The van der Waals surface area contributed by atoms with Gasteiger partial charge in [-0.1, -0.05) is 22.9 Å². The van der Waals surface area contributed by atoms with Crippen molar-refractivity contribution in [3.8, 4) is 11.5 Å². The van der Waals surface area contributed by atoms with Gasteiger partial charge in [-0.3, -0.25) is 4.98 Å². The van der Waals surface area contributed by atoms with Gasteiger partial charge in [0.05, 0.1) is 5.69 Å². The van der Waals surface area contributed by atoms with Crippen LogP contribution < -0.4 is 10.1 Å². The fraction of sp³-hybridized carbons (Fsp3) is 0.312. The molecule has 0 unspecified atom stereocenters. The standard InChI is InChI=1S/C16H19BrN2O/c1-4-14-16(7-5-11(2)19-14)20-15-8-6-13(17)9-12(15)10-18-3/h5-9,18H,4,10H2,1-3H3. The summed E-state index contributed by atoms with van der Waals surface area (Å²) in [4.78, 5) is 4.53. The summed E-state index contributed by atoms with van der Waals surface area (Å²) in [7, 11) is 1.93. The summed E-state index contributed by atoms with van der Waals surface area (Å²) in [6, 6.07) is 10.0. The van der Waals surface area contributed by atoms with Crippen LogP contribution in [0.15, 0.2) is 34.8 Å². The van der Waals surface area contributed by atoms with Crippen LogP contribution in [0.1, 0.15) is 23.9 Å². The number of hydrogen-bond acceptors (Lipinski definition) is 3. The van der Waals surface area contributed by atoms with E-state index in [4.69, 9.17) is 4.74 Å². The molecule has 1 aromatic carbocycles. The highest BCUT2D eigenvalue weighted by molar-refractivity contribution is 9.10. The Balaban J connectivity index is 2.34. The van der Waals surface area contributed by atoms with Crippen molar-refractivity contribution in [2.45, 2.75) is 26.8 Å². The summed E-state index contributed by atoms with van der Waals surface area (Å²) in [5.74, 6) is 1.70. The summed E-state index contributed by atoms with van der Waals surface area (Å²) in [5.41, 5.74) is 3.12. The Morgan fingerprint density at radius 2 is 1.95 bits per heavy atom. The quantitative estimate of drug-likeness (QED) is 0.888. The molecule has 0 aliphatic carbocycles. The highest BCUT2D eigenvalue weighted by atomic mass is 79.9. The number of nitrogens with zero attached hydrogens (tertiary/aromatic N) is 1. The molecule has 0 aliphatic rings. The van der Waals surface area contributed by atoms with Crippen molar-refractivity contribution in [3.63, 3.8) is 0 Å². The van der Waals surface area contributed by atoms with E-state index in [1.165, 1.54) is 0 Å². The van der Waals surface area contributed by atoms with E-state index in [-0.39, 0.29) is 0 Å². The van der Waals surface area contributed by atoms with Gasteiger partial charge in [0.15, 0.2) is 0 Å². The molecule has 1 heterocycles. The van der Waals surface area contributed by atoms with Gasteiger partial charge in [0.1, 0.15) is 11.5 Å². The average Bonchev–Trinajstić information content (AvgIpc) is 2.43. The monoisotopic (exact) mass is 334 g/mol. The predicted octanol–water partition coefficient (Wildman–Crippen LogP) is 4.23. The molecular weight excluding hydrogens is 316 g/mol. The molecule has 0 saturated carbocycles. The fourth-order valence-corrected chi connectivity index (χ4v) is 2.45. The third-order valence-corrected chi connectivity index (χ3v) is 3.51. The Labute approximate surface area is 128 Å². The molecule has 4 heteroatoms. The molecule has 1 N–H and O–H groups in total. The maximum atomic E-state index is 6.07. The van der Waals surface area contributed by atoms with Gasteiger partial charge in [0, 0.05) is 22.3 Å². The number of aromatic nitrogens is 1. The second-order valence-corrected chi connectivity index (χ2v) is 5.55. The van der Waals surface area contributed by atoms with Gasteiger partial charge < -0.3 is 10.1 Å². The van der Waals surface area contributed by atoms with Crippen molar-refractivity contribution in [1.29, 1.82) is 0 Å². The van der Waals surface area contributed by atoms with Crippen molar-refractivity contribution in [1.82, 2.24) is 10.3 Å². The first-order valence-corrected chi connectivity index (χ1v) is 7.50. The number of nitrogens with one attached hydrogen (secondary N) is 1. The van der Waals surface area contributed by atoms with Crippen molar-refractivity contribution in [3.05, 3.63) is 51.8 Å². The van der Waals surface area contributed by atoms with Crippen molar-refractivity contribution < 1.29 is 4.74 Å². The van der Waals surface area contributed by atoms with E-state index in [9.17, 15) is 0 Å². The fourth-order valence-electron chi connectivity index (χ4n) is 2.04. The van der Waals surface area contributed by atoms with Crippen LogP contribution in [-0.4, -0.2) is 12.0 Å². The zero-order chi connectivity index (χ0) is 14.5. The lowest BCUT2D eigenvalue weighted by molar-refractivity contribution is 0.465. The Bertz CT molecular complexity index is 599. The minimum atomic E-state index is 0.759. The van der Waals surface area contributed by atoms with Crippen LogP contribution in [0.2, 0.25) is 0 Å². The normalized spacial score (nSPS) is 10.6. The van der Waals surface area contributed by atoms with E-state index in [0.29, 0.717) is 0 Å². The first kappa shape index (κ1) is 15.0. The average molecular weight is 335 g/mol. The van der Waals surface area contributed by atoms with Crippen molar-refractivity contribution in [2.75, 3.05) is 7.05 Å². The second-order valence-electron chi connectivity index (χ2n) is 4.64. The summed E-state index contributed by atoms with van der Waals surface area (Å²) in [6.07, 6.45) is 0.856. The zero-order valence-corrected chi connectivity index (χ0v) is 13.6. The third-order valence-electron chi connectivity index (χ3n) is 3.02. The van der Waals surface area contributed by atoms with E-state index in [0.717, 1.165) is 45.9 Å². The van der Waals surface area contributed by atoms with Gasteiger partial charge >= 0.3 is 0 Å². The molecule has 20 heavy (non-hydrogen) atoms. The van der Waals surface area contributed by atoms with Crippen LogP contribution in [0.25, 0.3) is 0 Å². The SMILES string of the molecule is CCc1nc(C)ccc1Oc1ccc(Br)cc1CNC. The van der Waals surface area contributed by atoms with E-state index in [1.807, 2.05) is 38.2 Å². The van der Waals surface area contributed by atoms with Gasteiger partial charge in [-0.15, -0.1) is 0 Å². The molecule has 0 spiro atoms. The van der Waals surface area contributed by atoms with Crippen molar-refractivity contribution in [2.24, 2.45) is 0 Å². The molecule has 2 rings (SSSR count). The number of hydrogen-bond donors (Lipinski definition) is 1. The van der Waals surface area contributed by atoms with E-state index in [1.54, 1.807) is 0 Å². The second kappa shape index (κ2) is 6.86. The number of aryl methyl sites for hydroxylation is 2. The molecule has 0 aliphatic heterocycles. The summed E-state index contributed by atoms with van der Waals surface area (Å²) in [6.45, 7) is 4.84. The highest BCUT2D eigenvalue weighted by Crippen LogP contribution is 2.30. The minimum absolute atomic E-state index is 0.759. The Kier molecular flexibility index (Phi) is 5.15. The van der Waals surface area contributed by atoms with E-state index < -0.39 is 0 Å². The number of halogens is 1. The first-order chi connectivity index (χ1) is 9.63. The lowest BCUT2D eigenvalue weighted by Crippen LogP contribution is -2.07. The van der Waals surface area contributed by atoms with Crippen LogP contribution >= 0.6 is 15.9 Å². The minimum Gasteiger partial charge on any atom is -0.455 e. The van der Waals surface area contributed by atoms with Crippen LogP contribution in [0.5, 0.6) is 11.5 Å². The van der Waals surface area contributed by atoms with Crippen LogP contribution in [0.4, 0.5) is 0 Å². The van der Waals surface area contributed by atoms with Gasteiger partial charge in [-0.2, -0.15) is 0 Å². The maximum absolute atomic E-state index is 6.07. The molecule has 0 fully saturated rings. The van der Waals surface area contributed by atoms with Crippen molar-refractivity contribution >= 4 is 15.9 Å². The number of rotatable bonds is 5. The topological polar surface area (TPSA) is 34.1 Å². The molecule has 0 saturated heterocycles. The summed E-state index contributed by atoms with van der Waals surface area (Å²) < 4.78 is 7.12. The van der Waals surface area contributed by atoms with Gasteiger partial charge in [-0.25, -0.2) is 0 Å². The molecule has 0 radical (unpaired) electrons. The lowest BCUT2D eigenvalue weighted by atomic mass is 10.2. The number of benzene rings is 1. The molecule has 106 valence electrons. The highest BCUT2D eigenvalue weighted by Gasteiger charge is 2.09. The predicted molar refractivity (Wildman–Crippen MR) is 85.3 cm³/mol. The van der Waals surface area contributed by atoms with E-state index in [2.05, 4.69) is 39.2 Å². The molecule has 0 bridgehead atoms. The van der Waals surface area contributed by atoms with Crippen LogP contribution in [-0.2, 0) is 13.0 Å². The summed E-state index contributed by atoms with van der Waals surface area (Å²) in [5, 5.41) is 3.16. The summed E-state index contributed by atoms with van der Waals surface area (Å²) >= 11 is 3.49. The Morgan fingerprint density at radius 3 is 2.65 bits per heavy atom. The zero-order valence-electron chi connectivity index (χ0n) is 12.0. The van der Waals surface area contributed by atoms with E-state index >= 15 is 0 Å². The lowest BCUT2D eigenvalue weighted by Gasteiger charge is -2.14. The molecule has 1 aromatic heterocycles. The molecule has 0 atom stereocenters. The largest absolute Gasteiger partial charge is 0.455 e. The number of pyridine rings is 1. The molecule has 0 amide bonds. The smallest absolute Gasteiger partial charge is 0.148 e. The third kappa shape index (κ3) is 3.58. The maximum Gasteiger partial charge on any atom is 0.148 e. The van der Waals surface area contributed by atoms with Gasteiger partial charge in [-0.05, 0) is 50.7 Å². The van der Waals surface area contributed by atoms with Gasteiger partial charge in [0.25, 0.3) is 0 Å². The number of ether oxygens (including phenoxy) is 1. The van der Waals surface area contributed by atoms with Crippen LogP contribution in [0.3, 0.4) is 0 Å². The van der Waals surface area contributed by atoms with Crippen LogP contribution in [0, 0.1) is 6.92 Å². The molecule has 3 nitrogen and oxygen atoms in total. The Hall–Kier alpha value is -1.39. The van der Waals surface area contributed by atoms with Gasteiger partial charge in [0.2, 0.25) is 0 Å². The first-order valence-electron chi connectivity index (χ1n) is 6.71.